The van der Waals surface area contributed by atoms with Crippen LogP contribution in [0.1, 0.15) is 24.8 Å². The van der Waals surface area contributed by atoms with Crippen molar-refractivity contribution in [1.29, 1.82) is 0 Å². The van der Waals surface area contributed by atoms with Crippen LogP contribution in [0.5, 0.6) is 11.5 Å². The maximum Gasteiger partial charge on any atom is 0.232 e. The van der Waals surface area contributed by atoms with Crippen molar-refractivity contribution >= 4 is 5.78 Å². The van der Waals surface area contributed by atoms with Crippen molar-refractivity contribution < 1.29 is 29.2 Å². The van der Waals surface area contributed by atoms with E-state index in [9.17, 15) is 15.0 Å². The first-order valence-electron chi connectivity index (χ1n) is 8.86. The highest BCUT2D eigenvalue weighted by atomic mass is 16.5. The Balaban J connectivity index is 2.27. The summed E-state index contributed by atoms with van der Waals surface area (Å²) in [5, 5.41) is 21.3. The molecule has 0 amide bonds. The Kier molecular flexibility index (Phi) is 4.82. The minimum absolute atomic E-state index is 0.00437. The summed E-state index contributed by atoms with van der Waals surface area (Å²) in [6.45, 7) is 5.82. The number of phenols is 1. The SMILES string of the molecule is C=CC[C@@]12C=C(OC)C(=O)[C@@](OC)([C@@H]1O)[C@@H](c1ccc(O)c(OC)c1)[C@@H]2C. The van der Waals surface area contributed by atoms with Crippen molar-refractivity contribution in [1.82, 2.24) is 0 Å². The largest absolute Gasteiger partial charge is 0.504 e. The van der Waals surface area contributed by atoms with Crippen molar-refractivity contribution in [3.05, 3.63) is 48.3 Å². The Morgan fingerprint density at radius 1 is 1.26 bits per heavy atom. The fraction of sp³-hybridized carbons (Fsp3) is 0.476. The van der Waals surface area contributed by atoms with Gasteiger partial charge in [-0.3, -0.25) is 4.79 Å². The van der Waals surface area contributed by atoms with Gasteiger partial charge >= 0.3 is 0 Å². The van der Waals surface area contributed by atoms with Gasteiger partial charge in [0.25, 0.3) is 0 Å². The monoisotopic (exact) mass is 374 g/mol. The van der Waals surface area contributed by atoms with Gasteiger partial charge in [0.05, 0.1) is 14.2 Å². The maximum atomic E-state index is 13.3. The number of carbonyl (C=O) groups is 1. The van der Waals surface area contributed by atoms with Crippen molar-refractivity contribution in [2.24, 2.45) is 11.3 Å². The van der Waals surface area contributed by atoms with E-state index in [1.807, 2.05) is 6.92 Å². The number of methoxy groups -OCH3 is 3. The molecule has 3 rings (SSSR count). The predicted molar refractivity (Wildman–Crippen MR) is 99.7 cm³/mol. The van der Waals surface area contributed by atoms with Gasteiger partial charge in [-0.1, -0.05) is 19.1 Å². The van der Waals surface area contributed by atoms with Gasteiger partial charge < -0.3 is 24.4 Å². The molecule has 146 valence electrons. The van der Waals surface area contributed by atoms with Crippen LogP contribution >= 0.6 is 0 Å². The number of ether oxygens (including phenoxy) is 3. The third-order valence-electron chi connectivity index (χ3n) is 6.32. The zero-order valence-corrected chi connectivity index (χ0v) is 16.1. The first-order valence-corrected chi connectivity index (χ1v) is 8.86. The van der Waals surface area contributed by atoms with Crippen LogP contribution in [0.2, 0.25) is 0 Å². The van der Waals surface area contributed by atoms with Crippen LogP contribution < -0.4 is 4.74 Å². The predicted octanol–water partition coefficient (Wildman–Crippen LogP) is 2.56. The van der Waals surface area contributed by atoms with Crippen LogP contribution in [0.15, 0.2) is 42.7 Å². The molecule has 0 unspecified atom stereocenters. The molecule has 1 aromatic carbocycles. The maximum absolute atomic E-state index is 13.3. The summed E-state index contributed by atoms with van der Waals surface area (Å²) in [5.41, 5.74) is -1.51. The average molecular weight is 374 g/mol. The number of carbonyl (C=O) groups excluding carboxylic acids is 1. The lowest BCUT2D eigenvalue weighted by atomic mass is 9.70. The molecule has 27 heavy (non-hydrogen) atoms. The molecule has 1 saturated carbocycles. The number of allylic oxidation sites excluding steroid dienone is 1. The zero-order chi connectivity index (χ0) is 20.0. The van der Waals surface area contributed by atoms with E-state index in [2.05, 4.69) is 6.58 Å². The lowest BCUT2D eigenvalue weighted by Gasteiger charge is -2.41. The fourth-order valence-corrected chi connectivity index (χ4v) is 4.99. The summed E-state index contributed by atoms with van der Waals surface area (Å²) < 4.78 is 16.4. The molecule has 0 saturated heterocycles. The quantitative estimate of drug-likeness (QED) is 0.745. The van der Waals surface area contributed by atoms with Crippen LogP contribution in [0.25, 0.3) is 0 Å². The second-order valence-corrected chi connectivity index (χ2v) is 7.24. The second-order valence-electron chi connectivity index (χ2n) is 7.24. The molecule has 1 aromatic rings. The van der Waals surface area contributed by atoms with Gasteiger partial charge in [-0.25, -0.2) is 0 Å². The standard InChI is InChI=1S/C21H26O6/c1-6-9-20-11-16(26-4)18(23)21(27-5,19(20)24)17(12(20)2)13-7-8-14(22)15(10-13)25-3/h6-8,10-12,17,19,22,24H,1,9H2,2-5H3/t12-,17+,19+,20-,21+/m0/s1. The van der Waals surface area contributed by atoms with Gasteiger partial charge in [-0.05, 0) is 36.1 Å². The third-order valence-corrected chi connectivity index (χ3v) is 6.32. The number of aromatic hydroxyl groups is 1. The minimum Gasteiger partial charge on any atom is -0.504 e. The van der Waals surface area contributed by atoms with Crippen LogP contribution in [0.3, 0.4) is 0 Å². The van der Waals surface area contributed by atoms with Crippen molar-refractivity contribution in [2.75, 3.05) is 21.3 Å². The van der Waals surface area contributed by atoms with E-state index in [-0.39, 0.29) is 23.2 Å². The summed E-state index contributed by atoms with van der Waals surface area (Å²) in [5.74, 6) is -0.540. The number of hydrogen-bond acceptors (Lipinski definition) is 6. The number of benzene rings is 1. The number of Topliss-reactive ketones (excluding diaryl/α,β-unsaturated/α-hetero) is 1. The molecule has 1 fully saturated rings. The van der Waals surface area contributed by atoms with E-state index in [1.165, 1.54) is 27.4 Å². The molecule has 0 aliphatic heterocycles. The topological polar surface area (TPSA) is 85.2 Å². The number of rotatable bonds is 6. The van der Waals surface area contributed by atoms with Crippen LogP contribution in [-0.2, 0) is 14.3 Å². The van der Waals surface area contributed by atoms with Gasteiger partial charge in [-0.15, -0.1) is 6.58 Å². The number of aliphatic hydroxyl groups excluding tert-OH is 1. The number of ketones is 1. The molecule has 6 nitrogen and oxygen atoms in total. The second kappa shape index (κ2) is 6.69. The Hall–Kier alpha value is -2.31. The van der Waals surface area contributed by atoms with Crippen molar-refractivity contribution in [3.8, 4) is 11.5 Å². The molecular formula is C21H26O6. The van der Waals surface area contributed by atoms with Gasteiger partial charge in [-0.2, -0.15) is 0 Å². The van der Waals surface area contributed by atoms with E-state index in [4.69, 9.17) is 14.2 Å². The molecule has 2 N–H and O–H groups in total. The van der Waals surface area contributed by atoms with Crippen molar-refractivity contribution in [3.63, 3.8) is 0 Å². The molecule has 5 atom stereocenters. The van der Waals surface area contributed by atoms with E-state index >= 15 is 0 Å². The normalized spacial score (nSPS) is 34.9. The van der Waals surface area contributed by atoms with E-state index in [0.717, 1.165) is 5.56 Å². The smallest absolute Gasteiger partial charge is 0.232 e. The van der Waals surface area contributed by atoms with Crippen LogP contribution in [-0.4, -0.2) is 49.0 Å². The highest BCUT2D eigenvalue weighted by Gasteiger charge is 2.72. The molecule has 2 bridgehead atoms. The lowest BCUT2D eigenvalue weighted by Crippen LogP contribution is -2.57. The summed E-state index contributed by atoms with van der Waals surface area (Å²) in [6.07, 6.45) is 2.85. The third kappa shape index (κ3) is 2.36. The molecule has 0 radical (unpaired) electrons. The molecule has 2 aliphatic carbocycles. The van der Waals surface area contributed by atoms with E-state index in [0.29, 0.717) is 12.2 Å². The number of fused-ring (bicyclic) bond motifs is 2. The minimum atomic E-state index is -1.50. The Morgan fingerprint density at radius 3 is 2.52 bits per heavy atom. The molecular weight excluding hydrogens is 348 g/mol. The Bertz CT molecular complexity index is 800. The van der Waals surface area contributed by atoms with E-state index < -0.39 is 23.0 Å². The lowest BCUT2D eigenvalue weighted by molar-refractivity contribution is -0.162. The van der Waals surface area contributed by atoms with Gasteiger partial charge in [0, 0.05) is 18.4 Å². The highest BCUT2D eigenvalue weighted by Crippen LogP contribution is 2.64. The highest BCUT2D eigenvalue weighted by molar-refractivity contribution is 6.04. The molecule has 0 aromatic heterocycles. The Labute approximate surface area is 159 Å². The average Bonchev–Trinajstić information content (AvgIpc) is 2.80. The molecule has 6 heteroatoms. The first kappa shape index (κ1) is 19.5. The van der Waals surface area contributed by atoms with Gasteiger partial charge in [0.1, 0.15) is 6.10 Å². The van der Waals surface area contributed by atoms with Crippen molar-refractivity contribution in [2.45, 2.75) is 31.0 Å². The number of phenolic OH excluding ortho intramolecular Hbond substituents is 1. The van der Waals surface area contributed by atoms with Crippen LogP contribution in [0, 0.1) is 11.3 Å². The Morgan fingerprint density at radius 2 is 1.96 bits per heavy atom. The molecule has 2 aliphatic rings. The number of hydrogen-bond donors (Lipinski definition) is 2. The first-order chi connectivity index (χ1) is 12.8. The summed E-state index contributed by atoms with van der Waals surface area (Å²) in [7, 11) is 4.33. The number of aliphatic hydroxyl groups is 1. The van der Waals surface area contributed by atoms with Gasteiger partial charge in [0.2, 0.25) is 5.78 Å². The molecule has 0 heterocycles. The summed E-state index contributed by atoms with van der Waals surface area (Å²) >= 11 is 0. The summed E-state index contributed by atoms with van der Waals surface area (Å²) in [4.78, 5) is 13.3. The van der Waals surface area contributed by atoms with Crippen LogP contribution in [0.4, 0.5) is 0 Å². The van der Waals surface area contributed by atoms with E-state index in [1.54, 1.807) is 24.3 Å². The molecule has 0 spiro atoms. The summed E-state index contributed by atoms with van der Waals surface area (Å²) in [6, 6.07) is 4.94. The zero-order valence-electron chi connectivity index (χ0n) is 16.1. The van der Waals surface area contributed by atoms with Gasteiger partial charge in [0.15, 0.2) is 22.9 Å². The fourth-order valence-electron chi connectivity index (χ4n) is 4.99.